The third kappa shape index (κ3) is 2.44. The van der Waals surface area contributed by atoms with Crippen molar-refractivity contribution >= 4 is 18.0 Å². The third-order valence-electron chi connectivity index (χ3n) is 3.82. The molecule has 3 rings (SSSR count). The summed E-state index contributed by atoms with van der Waals surface area (Å²) in [4.78, 5) is 24.5. The number of amides is 2. The average molecular weight is 312 g/mol. The number of imide groups is 1. The van der Waals surface area contributed by atoms with Crippen LogP contribution in [-0.2, 0) is 6.54 Å². The molecule has 0 saturated heterocycles. The van der Waals surface area contributed by atoms with Gasteiger partial charge in [-0.05, 0) is 26.0 Å². The molecule has 1 aromatic heterocycles. The molecule has 7 heteroatoms. The van der Waals surface area contributed by atoms with Crippen molar-refractivity contribution in [2.45, 2.75) is 20.4 Å². The number of carbonyl (C=O) groups excluding carboxylic acids is 2. The standard InChI is InChI=1S/C16H16N4O3/c1-10-14(11(2)19(18-10)7-8-21)9-17-20-15(22)12-5-3-4-6-13(12)16(20)23/h3-6,9,21H,7-8H2,1-2H3/b17-9+. The van der Waals surface area contributed by atoms with Gasteiger partial charge in [-0.15, -0.1) is 0 Å². The molecule has 0 spiro atoms. The summed E-state index contributed by atoms with van der Waals surface area (Å²) in [5, 5.41) is 18.3. The Kier molecular flexibility index (Phi) is 3.79. The van der Waals surface area contributed by atoms with E-state index in [-0.39, 0.29) is 6.61 Å². The Hall–Kier alpha value is -2.80. The van der Waals surface area contributed by atoms with E-state index in [9.17, 15) is 9.59 Å². The minimum absolute atomic E-state index is 0.0169. The van der Waals surface area contributed by atoms with Crippen LogP contribution in [0.2, 0.25) is 0 Å². The summed E-state index contributed by atoms with van der Waals surface area (Å²) < 4.78 is 1.67. The second-order valence-electron chi connectivity index (χ2n) is 5.24. The molecule has 1 N–H and O–H groups in total. The lowest BCUT2D eigenvalue weighted by Crippen LogP contribution is -2.24. The Balaban J connectivity index is 1.91. The smallest absolute Gasteiger partial charge is 0.282 e. The zero-order valence-electron chi connectivity index (χ0n) is 12.9. The van der Waals surface area contributed by atoms with Crippen LogP contribution in [0.3, 0.4) is 0 Å². The van der Waals surface area contributed by atoms with E-state index >= 15 is 0 Å². The first-order chi connectivity index (χ1) is 11.0. The summed E-state index contributed by atoms with van der Waals surface area (Å²) in [5.74, 6) is -0.861. The summed E-state index contributed by atoms with van der Waals surface area (Å²) in [6.45, 7) is 4.02. The maximum Gasteiger partial charge on any atom is 0.282 e. The zero-order chi connectivity index (χ0) is 16.6. The van der Waals surface area contributed by atoms with E-state index in [1.54, 1.807) is 28.9 Å². The number of nitrogens with zero attached hydrogens (tertiary/aromatic N) is 4. The second kappa shape index (κ2) is 5.77. The molecule has 0 atom stereocenters. The molecule has 0 saturated carbocycles. The average Bonchev–Trinajstić information content (AvgIpc) is 2.95. The highest BCUT2D eigenvalue weighted by Crippen LogP contribution is 2.22. The number of hydrazone groups is 1. The SMILES string of the molecule is Cc1nn(CCO)c(C)c1/C=N/N1C(=O)c2ccccc2C1=O. The Bertz CT molecular complexity index is 788. The van der Waals surface area contributed by atoms with Crippen LogP contribution >= 0.6 is 0 Å². The lowest BCUT2D eigenvalue weighted by molar-refractivity contribution is 0.0660. The Labute approximate surface area is 132 Å². The normalized spacial score (nSPS) is 14.1. The molecule has 23 heavy (non-hydrogen) atoms. The zero-order valence-corrected chi connectivity index (χ0v) is 12.9. The van der Waals surface area contributed by atoms with Gasteiger partial charge in [0.25, 0.3) is 11.8 Å². The molecule has 0 aliphatic carbocycles. The van der Waals surface area contributed by atoms with Crippen molar-refractivity contribution in [3.63, 3.8) is 0 Å². The van der Waals surface area contributed by atoms with Crippen LogP contribution in [0.5, 0.6) is 0 Å². The molecule has 1 aliphatic rings. The molecule has 2 aromatic rings. The van der Waals surface area contributed by atoms with Crippen LogP contribution < -0.4 is 0 Å². The van der Waals surface area contributed by atoms with E-state index in [2.05, 4.69) is 10.2 Å². The maximum atomic E-state index is 12.2. The topological polar surface area (TPSA) is 87.8 Å². The highest BCUT2D eigenvalue weighted by molar-refractivity contribution is 6.21. The predicted octanol–water partition coefficient (Wildman–Crippen LogP) is 1.12. The molecule has 0 radical (unpaired) electrons. The van der Waals surface area contributed by atoms with Gasteiger partial charge in [-0.2, -0.15) is 15.2 Å². The molecule has 1 aromatic carbocycles. The molecule has 2 heterocycles. The number of carbonyl (C=O) groups is 2. The number of fused-ring (bicyclic) bond motifs is 1. The van der Waals surface area contributed by atoms with Gasteiger partial charge in [-0.1, -0.05) is 12.1 Å². The minimum Gasteiger partial charge on any atom is -0.394 e. The highest BCUT2D eigenvalue weighted by Gasteiger charge is 2.35. The molecular weight excluding hydrogens is 296 g/mol. The van der Waals surface area contributed by atoms with Crippen molar-refractivity contribution in [3.05, 3.63) is 52.3 Å². The van der Waals surface area contributed by atoms with Crippen molar-refractivity contribution in [3.8, 4) is 0 Å². The number of aliphatic hydroxyl groups excluding tert-OH is 1. The van der Waals surface area contributed by atoms with Crippen molar-refractivity contribution < 1.29 is 14.7 Å². The molecule has 7 nitrogen and oxygen atoms in total. The summed E-state index contributed by atoms with van der Waals surface area (Å²) in [6, 6.07) is 6.65. The van der Waals surface area contributed by atoms with Gasteiger partial charge in [-0.25, -0.2) is 0 Å². The molecule has 1 aliphatic heterocycles. The monoisotopic (exact) mass is 312 g/mol. The van der Waals surface area contributed by atoms with Gasteiger partial charge in [0.1, 0.15) is 0 Å². The van der Waals surface area contributed by atoms with Crippen LogP contribution in [0.1, 0.15) is 37.7 Å². The van der Waals surface area contributed by atoms with Gasteiger partial charge in [0.05, 0.1) is 36.2 Å². The minimum atomic E-state index is -0.431. The van der Waals surface area contributed by atoms with Gasteiger partial charge in [0.2, 0.25) is 0 Å². The lowest BCUT2D eigenvalue weighted by atomic mass is 10.1. The molecular formula is C16H16N4O3. The fourth-order valence-corrected chi connectivity index (χ4v) is 2.61. The van der Waals surface area contributed by atoms with Gasteiger partial charge < -0.3 is 5.11 Å². The van der Waals surface area contributed by atoms with Crippen molar-refractivity contribution in [1.82, 2.24) is 14.8 Å². The maximum absolute atomic E-state index is 12.2. The van der Waals surface area contributed by atoms with Crippen LogP contribution in [0.25, 0.3) is 0 Å². The number of aliphatic hydroxyl groups is 1. The predicted molar refractivity (Wildman–Crippen MR) is 83.3 cm³/mol. The number of rotatable bonds is 4. The van der Waals surface area contributed by atoms with E-state index in [0.29, 0.717) is 17.7 Å². The van der Waals surface area contributed by atoms with E-state index < -0.39 is 11.8 Å². The molecule has 0 bridgehead atoms. The summed E-state index contributed by atoms with van der Waals surface area (Å²) in [7, 11) is 0. The third-order valence-corrected chi connectivity index (χ3v) is 3.82. The molecule has 118 valence electrons. The number of hydrogen-bond donors (Lipinski definition) is 1. The largest absolute Gasteiger partial charge is 0.394 e. The Morgan fingerprint density at radius 3 is 2.35 bits per heavy atom. The fraction of sp³-hybridized carbons (Fsp3) is 0.250. The molecule has 0 unspecified atom stereocenters. The van der Waals surface area contributed by atoms with Crippen LogP contribution in [0.4, 0.5) is 0 Å². The quantitative estimate of drug-likeness (QED) is 0.677. The van der Waals surface area contributed by atoms with Gasteiger partial charge in [0, 0.05) is 11.3 Å². The second-order valence-corrected chi connectivity index (χ2v) is 5.24. The van der Waals surface area contributed by atoms with E-state index in [0.717, 1.165) is 22.0 Å². The summed E-state index contributed by atoms with van der Waals surface area (Å²) >= 11 is 0. The van der Waals surface area contributed by atoms with E-state index in [4.69, 9.17) is 5.11 Å². The van der Waals surface area contributed by atoms with Crippen LogP contribution in [0.15, 0.2) is 29.4 Å². The number of aromatic nitrogens is 2. The summed E-state index contributed by atoms with van der Waals surface area (Å²) in [6.07, 6.45) is 1.47. The van der Waals surface area contributed by atoms with E-state index in [1.807, 2.05) is 13.8 Å². The Morgan fingerprint density at radius 2 is 1.78 bits per heavy atom. The number of benzene rings is 1. The molecule has 0 fully saturated rings. The molecule has 2 amide bonds. The van der Waals surface area contributed by atoms with Crippen LogP contribution in [0, 0.1) is 13.8 Å². The van der Waals surface area contributed by atoms with Crippen LogP contribution in [-0.4, -0.2) is 44.5 Å². The first-order valence-corrected chi connectivity index (χ1v) is 7.21. The first-order valence-electron chi connectivity index (χ1n) is 7.21. The number of aryl methyl sites for hydroxylation is 1. The van der Waals surface area contributed by atoms with E-state index in [1.165, 1.54) is 6.21 Å². The number of hydrogen-bond acceptors (Lipinski definition) is 5. The van der Waals surface area contributed by atoms with Crippen molar-refractivity contribution in [2.24, 2.45) is 5.10 Å². The summed E-state index contributed by atoms with van der Waals surface area (Å²) in [5.41, 5.74) is 2.99. The van der Waals surface area contributed by atoms with Crippen molar-refractivity contribution in [2.75, 3.05) is 6.61 Å². The fourth-order valence-electron chi connectivity index (χ4n) is 2.61. The Morgan fingerprint density at radius 1 is 1.17 bits per heavy atom. The van der Waals surface area contributed by atoms with Gasteiger partial charge in [-0.3, -0.25) is 14.3 Å². The lowest BCUT2D eigenvalue weighted by Gasteiger charge is -2.05. The first kappa shape index (κ1) is 15.1. The highest BCUT2D eigenvalue weighted by atomic mass is 16.3. The van der Waals surface area contributed by atoms with Crippen molar-refractivity contribution in [1.29, 1.82) is 0 Å². The van der Waals surface area contributed by atoms with Gasteiger partial charge in [0.15, 0.2) is 0 Å². The van der Waals surface area contributed by atoms with Gasteiger partial charge >= 0.3 is 0 Å².